The minimum atomic E-state index is -0.102. The van der Waals surface area contributed by atoms with Gasteiger partial charge < -0.3 is 24.4 Å². The molecular formula is C14H28N2O4. The number of rotatable bonds is 10. The molecule has 1 aliphatic rings. The second-order valence-electron chi connectivity index (χ2n) is 5.02. The zero-order valence-corrected chi connectivity index (χ0v) is 12.9. The molecule has 0 saturated carbocycles. The lowest BCUT2D eigenvalue weighted by Gasteiger charge is -2.27. The van der Waals surface area contributed by atoms with Crippen LogP contribution in [0.4, 0.5) is 0 Å². The zero-order valence-electron chi connectivity index (χ0n) is 12.9. The minimum Gasteiger partial charge on any atom is -0.383 e. The van der Waals surface area contributed by atoms with E-state index < -0.39 is 0 Å². The topological polar surface area (TPSA) is 60.0 Å². The van der Waals surface area contributed by atoms with Gasteiger partial charge in [0.1, 0.15) is 0 Å². The quantitative estimate of drug-likeness (QED) is 0.619. The molecule has 1 aliphatic heterocycles. The normalized spacial score (nSPS) is 22.1. The molecular weight excluding hydrogens is 260 g/mol. The highest BCUT2D eigenvalue weighted by atomic mass is 16.5. The van der Waals surface area contributed by atoms with Crippen molar-refractivity contribution >= 4 is 5.91 Å². The molecule has 0 aromatic carbocycles. The van der Waals surface area contributed by atoms with Crippen LogP contribution in [0.15, 0.2) is 0 Å². The molecule has 0 aromatic rings. The number of nitrogens with zero attached hydrogens (tertiary/aromatic N) is 1. The van der Waals surface area contributed by atoms with E-state index in [0.29, 0.717) is 39.5 Å². The summed E-state index contributed by atoms with van der Waals surface area (Å²) in [4.78, 5) is 14.4. The third kappa shape index (κ3) is 5.36. The summed E-state index contributed by atoms with van der Waals surface area (Å²) < 4.78 is 15.6. The summed E-state index contributed by atoms with van der Waals surface area (Å²) >= 11 is 0. The first-order valence-electron chi connectivity index (χ1n) is 7.32. The van der Waals surface area contributed by atoms with E-state index in [1.54, 1.807) is 14.2 Å². The van der Waals surface area contributed by atoms with Gasteiger partial charge in [0.05, 0.1) is 32.3 Å². The smallest absolute Gasteiger partial charge is 0.229 e. The molecule has 0 radical (unpaired) electrons. The molecule has 20 heavy (non-hydrogen) atoms. The predicted octanol–water partition coefficient (Wildman–Crippen LogP) is 0.122. The number of hydrogen-bond donors (Lipinski definition) is 1. The van der Waals surface area contributed by atoms with Crippen LogP contribution in [0.3, 0.4) is 0 Å². The molecule has 0 bridgehead atoms. The van der Waals surface area contributed by atoms with Gasteiger partial charge >= 0.3 is 0 Å². The van der Waals surface area contributed by atoms with E-state index in [1.165, 1.54) is 0 Å². The summed E-state index contributed by atoms with van der Waals surface area (Å²) in [7, 11) is 3.28. The van der Waals surface area contributed by atoms with E-state index >= 15 is 0 Å². The molecule has 0 spiro atoms. The van der Waals surface area contributed by atoms with Crippen molar-refractivity contribution in [1.29, 1.82) is 0 Å². The van der Waals surface area contributed by atoms with Gasteiger partial charge in [0.25, 0.3) is 0 Å². The Morgan fingerprint density at radius 1 is 1.25 bits per heavy atom. The van der Waals surface area contributed by atoms with E-state index in [-0.39, 0.29) is 17.9 Å². The molecule has 0 aliphatic carbocycles. The Morgan fingerprint density at radius 3 is 2.45 bits per heavy atom. The van der Waals surface area contributed by atoms with Crippen molar-refractivity contribution in [1.82, 2.24) is 10.2 Å². The summed E-state index contributed by atoms with van der Waals surface area (Å²) in [5.41, 5.74) is 0. The molecule has 1 N–H and O–H groups in total. The number of hydrogen-bond acceptors (Lipinski definition) is 5. The maximum Gasteiger partial charge on any atom is 0.229 e. The summed E-state index contributed by atoms with van der Waals surface area (Å²) in [5.74, 6) is 0.0282. The third-order valence-electron chi connectivity index (χ3n) is 3.50. The standard InChI is InChI=1S/C14H28N2O4/c1-4-5-15-13-11-20-10-12(13)14(17)16(6-8-18-2)7-9-19-3/h12-13,15H,4-11H2,1-3H3. The molecule has 0 aromatic heterocycles. The number of amides is 1. The molecule has 118 valence electrons. The molecule has 6 nitrogen and oxygen atoms in total. The zero-order chi connectivity index (χ0) is 14.8. The van der Waals surface area contributed by atoms with E-state index in [1.807, 2.05) is 4.90 Å². The molecule has 1 saturated heterocycles. The molecule has 1 rings (SSSR count). The van der Waals surface area contributed by atoms with Gasteiger partial charge in [-0.15, -0.1) is 0 Å². The maximum atomic E-state index is 12.6. The van der Waals surface area contributed by atoms with Gasteiger partial charge in [0, 0.05) is 33.4 Å². The summed E-state index contributed by atoms with van der Waals surface area (Å²) in [6.45, 7) is 6.39. The predicted molar refractivity (Wildman–Crippen MR) is 76.7 cm³/mol. The van der Waals surface area contributed by atoms with Crippen LogP contribution in [0.25, 0.3) is 0 Å². The average molecular weight is 288 g/mol. The van der Waals surface area contributed by atoms with E-state index in [4.69, 9.17) is 14.2 Å². The van der Waals surface area contributed by atoms with Crippen LogP contribution < -0.4 is 5.32 Å². The lowest BCUT2D eigenvalue weighted by molar-refractivity contribution is -0.137. The number of carbonyl (C=O) groups is 1. The monoisotopic (exact) mass is 288 g/mol. The number of ether oxygens (including phenoxy) is 3. The number of methoxy groups -OCH3 is 2. The number of nitrogens with one attached hydrogen (secondary N) is 1. The second kappa shape index (κ2) is 10.1. The summed E-state index contributed by atoms with van der Waals surface area (Å²) in [6.07, 6.45) is 1.05. The fourth-order valence-electron chi connectivity index (χ4n) is 2.30. The van der Waals surface area contributed by atoms with Crippen LogP contribution in [0, 0.1) is 5.92 Å². The Morgan fingerprint density at radius 2 is 1.90 bits per heavy atom. The van der Waals surface area contributed by atoms with Gasteiger partial charge in [-0.1, -0.05) is 6.92 Å². The summed E-state index contributed by atoms with van der Waals surface area (Å²) in [5, 5.41) is 3.39. The van der Waals surface area contributed by atoms with Gasteiger partial charge in [-0.05, 0) is 13.0 Å². The van der Waals surface area contributed by atoms with Crippen molar-refractivity contribution < 1.29 is 19.0 Å². The first kappa shape index (κ1) is 17.4. The maximum absolute atomic E-state index is 12.6. The van der Waals surface area contributed by atoms with Crippen molar-refractivity contribution in [3.8, 4) is 0 Å². The van der Waals surface area contributed by atoms with Crippen molar-refractivity contribution in [2.24, 2.45) is 5.92 Å². The Balaban J connectivity index is 2.56. The third-order valence-corrected chi connectivity index (χ3v) is 3.50. The van der Waals surface area contributed by atoms with Crippen LogP contribution in [0.1, 0.15) is 13.3 Å². The first-order valence-corrected chi connectivity index (χ1v) is 7.32. The van der Waals surface area contributed by atoms with Gasteiger partial charge in [-0.2, -0.15) is 0 Å². The molecule has 1 fully saturated rings. The fourth-order valence-corrected chi connectivity index (χ4v) is 2.30. The Hall–Kier alpha value is -0.690. The number of carbonyl (C=O) groups excluding carboxylic acids is 1. The van der Waals surface area contributed by atoms with Crippen LogP contribution in [0.5, 0.6) is 0 Å². The molecule has 2 atom stereocenters. The van der Waals surface area contributed by atoms with E-state index in [2.05, 4.69) is 12.2 Å². The van der Waals surface area contributed by atoms with E-state index in [0.717, 1.165) is 13.0 Å². The van der Waals surface area contributed by atoms with Gasteiger partial charge in [-0.3, -0.25) is 4.79 Å². The van der Waals surface area contributed by atoms with Gasteiger partial charge in [-0.25, -0.2) is 0 Å². The molecule has 1 amide bonds. The van der Waals surface area contributed by atoms with Crippen LogP contribution in [-0.2, 0) is 19.0 Å². The van der Waals surface area contributed by atoms with Crippen LogP contribution >= 0.6 is 0 Å². The van der Waals surface area contributed by atoms with Gasteiger partial charge in [0.2, 0.25) is 5.91 Å². The second-order valence-corrected chi connectivity index (χ2v) is 5.02. The lowest BCUT2D eigenvalue weighted by atomic mass is 10.0. The highest BCUT2D eigenvalue weighted by Crippen LogP contribution is 2.17. The highest BCUT2D eigenvalue weighted by Gasteiger charge is 2.35. The highest BCUT2D eigenvalue weighted by molar-refractivity contribution is 5.80. The lowest BCUT2D eigenvalue weighted by Crippen LogP contribution is -2.47. The molecule has 1 heterocycles. The SMILES string of the molecule is CCCNC1COCC1C(=O)N(CCOC)CCOC. The van der Waals surface area contributed by atoms with Crippen molar-refractivity contribution in [3.05, 3.63) is 0 Å². The minimum absolute atomic E-state index is 0.102. The largest absolute Gasteiger partial charge is 0.383 e. The molecule has 2 unspecified atom stereocenters. The fraction of sp³-hybridized carbons (Fsp3) is 0.929. The van der Waals surface area contributed by atoms with E-state index in [9.17, 15) is 4.79 Å². The Labute approximate surface area is 121 Å². The Kier molecular flexibility index (Phi) is 8.77. The first-order chi connectivity index (χ1) is 9.74. The van der Waals surface area contributed by atoms with Crippen LogP contribution in [-0.4, -0.2) is 77.1 Å². The summed E-state index contributed by atoms with van der Waals surface area (Å²) in [6, 6.07) is 0.120. The Bertz CT molecular complexity index is 268. The van der Waals surface area contributed by atoms with Crippen LogP contribution in [0.2, 0.25) is 0 Å². The molecule has 6 heteroatoms. The van der Waals surface area contributed by atoms with Gasteiger partial charge in [0.15, 0.2) is 0 Å². The average Bonchev–Trinajstić information content (AvgIpc) is 2.93. The van der Waals surface area contributed by atoms with Crippen molar-refractivity contribution in [3.63, 3.8) is 0 Å². The van der Waals surface area contributed by atoms with Crippen molar-refractivity contribution in [2.75, 3.05) is 60.3 Å². The van der Waals surface area contributed by atoms with Crippen molar-refractivity contribution in [2.45, 2.75) is 19.4 Å².